The van der Waals surface area contributed by atoms with Crippen LogP contribution in [0.25, 0.3) is 0 Å². The second kappa shape index (κ2) is 11.1. The van der Waals surface area contributed by atoms with Gasteiger partial charge in [-0.3, -0.25) is 0 Å². The quantitative estimate of drug-likeness (QED) is 0.319. The lowest BCUT2D eigenvalue weighted by molar-refractivity contribution is 0.0561. The minimum Gasteiger partial charge on any atom is -0.487 e. The highest BCUT2D eigenvalue weighted by molar-refractivity contribution is 5.65. The van der Waals surface area contributed by atoms with Gasteiger partial charge in [0.05, 0.1) is 0 Å². The van der Waals surface area contributed by atoms with Gasteiger partial charge in [-0.15, -0.1) is 0 Å². The van der Waals surface area contributed by atoms with Crippen molar-refractivity contribution >= 4 is 5.69 Å². The molecule has 2 nitrogen and oxygen atoms in total. The summed E-state index contributed by atoms with van der Waals surface area (Å²) in [6, 6.07) is 0. The van der Waals surface area contributed by atoms with Crippen LogP contribution in [0.5, 0.6) is 5.75 Å². The van der Waals surface area contributed by atoms with Gasteiger partial charge in [-0.1, -0.05) is 34.9 Å². The second-order valence-electron chi connectivity index (χ2n) is 10.1. The van der Waals surface area contributed by atoms with Gasteiger partial charge in [-0.05, 0) is 129 Å². The summed E-state index contributed by atoms with van der Waals surface area (Å²) >= 11 is 0. The van der Waals surface area contributed by atoms with Crippen molar-refractivity contribution in [2.75, 3.05) is 5.73 Å². The minimum absolute atomic E-state index is 0.0923. The Labute approximate surface area is 191 Å². The lowest BCUT2D eigenvalue weighted by Gasteiger charge is -2.38. The van der Waals surface area contributed by atoms with Crippen molar-refractivity contribution in [3.05, 3.63) is 57.2 Å². The molecule has 0 radical (unpaired) electrons. The maximum atomic E-state index is 6.62. The number of fused-ring (bicyclic) bond motifs is 1. The van der Waals surface area contributed by atoms with Crippen molar-refractivity contribution in [1.82, 2.24) is 0 Å². The highest BCUT2D eigenvalue weighted by Gasteiger charge is 2.33. The molecule has 0 aromatic heterocycles. The molecule has 0 unspecified atom stereocenters. The topological polar surface area (TPSA) is 35.2 Å². The van der Waals surface area contributed by atoms with E-state index in [0.29, 0.717) is 0 Å². The molecule has 1 aliphatic rings. The summed E-state index contributed by atoms with van der Waals surface area (Å²) in [6.07, 6.45) is 16.0. The largest absolute Gasteiger partial charge is 0.487 e. The molecule has 2 rings (SSSR count). The lowest BCUT2D eigenvalue weighted by Crippen LogP contribution is -2.37. The first-order valence-corrected chi connectivity index (χ1v) is 12.1. The fourth-order valence-electron chi connectivity index (χ4n) is 4.48. The van der Waals surface area contributed by atoms with Crippen LogP contribution in [0.2, 0.25) is 0 Å². The molecule has 0 fully saturated rings. The van der Waals surface area contributed by atoms with Gasteiger partial charge in [0.2, 0.25) is 0 Å². The molecule has 0 spiro atoms. The maximum Gasteiger partial charge on any atom is 0.126 e. The molecule has 1 aromatic carbocycles. The van der Waals surface area contributed by atoms with E-state index in [9.17, 15) is 0 Å². The van der Waals surface area contributed by atoms with E-state index in [1.807, 2.05) is 0 Å². The third kappa shape index (κ3) is 7.02. The Morgan fingerprint density at radius 1 is 0.871 bits per heavy atom. The Balaban J connectivity index is 1.88. The number of allylic oxidation sites excluding steroid dienone is 6. The van der Waals surface area contributed by atoms with E-state index in [0.717, 1.165) is 56.4 Å². The van der Waals surface area contributed by atoms with Gasteiger partial charge >= 0.3 is 0 Å². The first-order valence-electron chi connectivity index (χ1n) is 12.1. The van der Waals surface area contributed by atoms with Crippen molar-refractivity contribution in [3.8, 4) is 5.75 Å². The van der Waals surface area contributed by atoms with Crippen LogP contribution in [-0.2, 0) is 6.42 Å². The number of ether oxygens (including phenoxy) is 1. The standard InChI is InChI=1S/C29H45NO/c1-20(2)12-9-13-21(3)14-10-15-22(4)16-11-18-29(8)19-17-26-25(7)27(30)23(5)24(6)28(26)31-29/h12,14,16H,9-11,13,15,17-19,30H2,1-8H3/b21-14+,22-16+/t29-/m1/s1. The van der Waals surface area contributed by atoms with E-state index in [4.69, 9.17) is 10.5 Å². The second-order valence-corrected chi connectivity index (χ2v) is 10.1. The average Bonchev–Trinajstić information content (AvgIpc) is 2.70. The summed E-state index contributed by atoms with van der Waals surface area (Å²) in [5, 5.41) is 0. The molecular formula is C29H45NO. The predicted molar refractivity (Wildman–Crippen MR) is 137 cm³/mol. The minimum atomic E-state index is -0.0923. The van der Waals surface area contributed by atoms with Crippen molar-refractivity contribution in [2.45, 2.75) is 112 Å². The number of anilines is 1. The van der Waals surface area contributed by atoms with Gasteiger partial charge in [0.15, 0.2) is 0 Å². The van der Waals surface area contributed by atoms with Crippen LogP contribution in [0.1, 0.15) is 102 Å². The van der Waals surface area contributed by atoms with Crippen molar-refractivity contribution < 1.29 is 4.74 Å². The molecule has 1 aliphatic heterocycles. The zero-order valence-electron chi connectivity index (χ0n) is 21.4. The summed E-state index contributed by atoms with van der Waals surface area (Å²) in [6.45, 7) is 17.5. The van der Waals surface area contributed by atoms with Crippen LogP contribution in [0.4, 0.5) is 5.69 Å². The van der Waals surface area contributed by atoms with Gasteiger partial charge in [-0.25, -0.2) is 0 Å². The Hall–Kier alpha value is -1.96. The predicted octanol–water partition coefficient (Wildman–Crippen LogP) is 8.48. The molecule has 0 saturated heterocycles. The van der Waals surface area contributed by atoms with Crippen molar-refractivity contribution in [3.63, 3.8) is 0 Å². The molecule has 1 atom stereocenters. The molecule has 0 saturated carbocycles. The van der Waals surface area contributed by atoms with Crippen LogP contribution in [0.3, 0.4) is 0 Å². The Bertz CT molecular complexity index is 867. The third-order valence-corrected chi connectivity index (χ3v) is 6.98. The molecular weight excluding hydrogens is 378 g/mol. The monoisotopic (exact) mass is 423 g/mol. The first kappa shape index (κ1) is 25.3. The number of hydrogen-bond donors (Lipinski definition) is 1. The normalized spacial score (nSPS) is 19.1. The summed E-state index contributed by atoms with van der Waals surface area (Å²) in [5.74, 6) is 1.09. The summed E-state index contributed by atoms with van der Waals surface area (Å²) in [7, 11) is 0. The highest BCUT2D eigenvalue weighted by Crippen LogP contribution is 2.43. The van der Waals surface area contributed by atoms with Crippen LogP contribution in [-0.4, -0.2) is 5.60 Å². The van der Waals surface area contributed by atoms with E-state index in [1.54, 1.807) is 0 Å². The molecule has 0 bridgehead atoms. The zero-order chi connectivity index (χ0) is 23.2. The number of nitrogens with two attached hydrogens (primary N) is 1. The van der Waals surface area contributed by atoms with Gasteiger partial charge in [0, 0.05) is 5.69 Å². The first-order chi connectivity index (χ1) is 14.5. The van der Waals surface area contributed by atoms with Crippen LogP contribution < -0.4 is 10.5 Å². The van der Waals surface area contributed by atoms with E-state index in [-0.39, 0.29) is 5.60 Å². The summed E-state index contributed by atoms with van der Waals surface area (Å²) in [4.78, 5) is 0. The SMILES string of the molecule is CC(C)=CCC/C(C)=C/CC/C(C)=C/CC[C@]1(C)CCc2c(C)c(N)c(C)c(C)c2O1. The van der Waals surface area contributed by atoms with Crippen LogP contribution >= 0.6 is 0 Å². The number of benzene rings is 1. The molecule has 172 valence electrons. The van der Waals surface area contributed by atoms with Crippen molar-refractivity contribution in [2.24, 2.45) is 0 Å². The van der Waals surface area contributed by atoms with Crippen LogP contribution in [0.15, 0.2) is 34.9 Å². The van der Waals surface area contributed by atoms with Crippen molar-refractivity contribution in [1.29, 1.82) is 0 Å². The van der Waals surface area contributed by atoms with Gasteiger partial charge in [0.1, 0.15) is 11.4 Å². The van der Waals surface area contributed by atoms with Gasteiger partial charge in [-0.2, -0.15) is 0 Å². The zero-order valence-corrected chi connectivity index (χ0v) is 21.4. The third-order valence-electron chi connectivity index (χ3n) is 6.98. The average molecular weight is 424 g/mol. The van der Waals surface area contributed by atoms with Gasteiger partial charge in [0.25, 0.3) is 0 Å². The highest BCUT2D eigenvalue weighted by atomic mass is 16.5. The Morgan fingerprint density at radius 3 is 2.06 bits per heavy atom. The summed E-state index contributed by atoms with van der Waals surface area (Å²) in [5.41, 5.74) is 16.5. The molecule has 2 heteroatoms. The number of hydrogen-bond acceptors (Lipinski definition) is 2. The van der Waals surface area contributed by atoms with E-state index in [1.165, 1.54) is 45.4 Å². The molecule has 1 heterocycles. The number of nitrogen functional groups attached to an aromatic ring is 1. The molecule has 2 N–H and O–H groups in total. The lowest BCUT2D eigenvalue weighted by atomic mass is 9.84. The molecule has 0 amide bonds. The summed E-state index contributed by atoms with van der Waals surface area (Å²) < 4.78 is 6.62. The van der Waals surface area contributed by atoms with E-state index >= 15 is 0 Å². The fourth-order valence-corrected chi connectivity index (χ4v) is 4.48. The Morgan fingerprint density at radius 2 is 1.45 bits per heavy atom. The molecule has 31 heavy (non-hydrogen) atoms. The maximum absolute atomic E-state index is 6.62. The van der Waals surface area contributed by atoms with E-state index < -0.39 is 0 Å². The smallest absolute Gasteiger partial charge is 0.126 e. The fraction of sp³-hybridized carbons (Fsp3) is 0.586. The van der Waals surface area contributed by atoms with Crippen LogP contribution in [0, 0.1) is 20.8 Å². The van der Waals surface area contributed by atoms with Gasteiger partial charge < -0.3 is 10.5 Å². The molecule has 0 aliphatic carbocycles. The van der Waals surface area contributed by atoms with E-state index in [2.05, 4.69) is 73.6 Å². The molecule has 1 aromatic rings. The number of rotatable bonds is 9. The Kier molecular flexibility index (Phi) is 9.03.